The van der Waals surface area contributed by atoms with Gasteiger partial charge in [0.15, 0.2) is 0 Å². The molecular weight excluding hydrogens is 252 g/mol. The number of likely N-dealkylation sites (N-methyl/N-ethyl adjacent to an activating group) is 1. The summed E-state index contributed by atoms with van der Waals surface area (Å²) in [4.78, 5) is 15.3. The normalized spacial score (nSPS) is 12.8. The molecule has 0 saturated carbocycles. The van der Waals surface area contributed by atoms with Gasteiger partial charge < -0.3 is 10.0 Å². The van der Waals surface area contributed by atoms with E-state index in [2.05, 4.69) is 28.9 Å². The lowest BCUT2D eigenvalue weighted by Gasteiger charge is -2.31. The smallest absolute Gasteiger partial charge is 0.317 e. The van der Waals surface area contributed by atoms with Crippen molar-refractivity contribution in [3.05, 3.63) is 35.9 Å². The topological polar surface area (TPSA) is 43.8 Å². The number of carboxylic acids is 1. The molecule has 0 fully saturated rings. The summed E-state index contributed by atoms with van der Waals surface area (Å²) in [5, 5.41) is 9.16. The molecule has 0 aliphatic carbocycles. The lowest BCUT2D eigenvalue weighted by molar-refractivity contribution is -0.139. The Morgan fingerprint density at radius 1 is 1.20 bits per heavy atom. The Morgan fingerprint density at radius 3 is 2.35 bits per heavy atom. The molecule has 0 aromatic heterocycles. The fourth-order valence-corrected chi connectivity index (χ4v) is 2.36. The number of nitrogens with zero attached hydrogens (tertiary/aromatic N) is 2. The molecule has 20 heavy (non-hydrogen) atoms. The van der Waals surface area contributed by atoms with Crippen LogP contribution in [0.25, 0.3) is 0 Å². The van der Waals surface area contributed by atoms with Crippen molar-refractivity contribution < 1.29 is 9.90 Å². The van der Waals surface area contributed by atoms with Crippen molar-refractivity contribution in [3.63, 3.8) is 0 Å². The van der Waals surface area contributed by atoms with E-state index >= 15 is 0 Å². The third-order valence-corrected chi connectivity index (χ3v) is 3.36. The second-order valence-corrected chi connectivity index (χ2v) is 5.38. The number of benzene rings is 1. The summed E-state index contributed by atoms with van der Waals surface area (Å²) in [5.41, 5.74) is 1.20. The van der Waals surface area contributed by atoms with Crippen molar-refractivity contribution in [2.24, 2.45) is 0 Å². The lowest BCUT2D eigenvalue weighted by atomic mass is 10.0. The summed E-state index contributed by atoms with van der Waals surface area (Å²) in [6.07, 6.45) is 2.02. The number of hydrogen-bond donors (Lipinski definition) is 1. The van der Waals surface area contributed by atoms with Crippen LogP contribution >= 0.6 is 0 Å². The maximum atomic E-state index is 11.1. The minimum Gasteiger partial charge on any atom is -0.480 e. The summed E-state index contributed by atoms with van der Waals surface area (Å²) < 4.78 is 0. The van der Waals surface area contributed by atoms with E-state index < -0.39 is 5.97 Å². The Balaban J connectivity index is 2.88. The average Bonchev–Trinajstić information content (AvgIpc) is 2.41. The van der Waals surface area contributed by atoms with Crippen molar-refractivity contribution in [3.8, 4) is 0 Å². The fraction of sp³-hybridized carbons (Fsp3) is 0.562. The highest BCUT2D eigenvalue weighted by Crippen LogP contribution is 2.25. The van der Waals surface area contributed by atoms with Crippen molar-refractivity contribution >= 4 is 5.97 Å². The van der Waals surface area contributed by atoms with Crippen LogP contribution in [-0.4, -0.2) is 54.6 Å². The highest BCUT2D eigenvalue weighted by Gasteiger charge is 2.21. The molecule has 0 saturated heterocycles. The molecule has 0 aliphatic heterocycles. The first-order chi connectivity index (χ1) is 9.54. The first-order valence-corrected chi connectivity index (χ1v) is 7.20. The Kier molecular flexibility index (Phi) is 7.26. The maximum Gasteiger partial charge on any atom is 0.317 e. The molecule has 0 radical (unpaired) electrons. The summed E-state index contributed by atoms with van der Waals surface area (Å²) in [5.74, 6) is -0.763. The molecule has 1 atom stereocenters. The van der Waals surface area contributed by atoms with Gasteiger partial charge >= 0.3 is 5.97 Å². The second-order valence-electron chi connectivity index (χ2n) is 5.38. The van der Waals surface area contributed by atoms with Gasteiger partial charge in [-0.1, -0.05) is 43.7 Å². The van der Waals surface area contributed by atoms with Crippen LogP contribution in [0.5, 0.6) is 0 Å². The molecule has 1 N–H and O–H groups in total. The van der Waals surface area contributed by atoms with E-state index in [4.69, 9.17) is 5.11 Å². The highest BCUT2D eigenvalue weighted by atomic mass is 16.4. The SMILES string of the molecule is CCCC(c1ccccc1)N(CCN(C)C)CC(=O)O. The van der Waals surface area contributed by atoms with Crippen molar-refractivity contribution in [1.82, 2.24) is 9.80 Å². The quantitative estimate of drug-likeness (QED) is 0.753. The number of rotatable bonds is 9. The standard InChI is InChI=1S/C16H26N2O2/c1-4-8-15(14-9-6-5-7-10-14)18(13-16(19)20)12-11-17(2)3/h5-7,9-10,15H,4,8,11-13H2,1-3H3,(H,19,20). The molecular formula is C16H26N2O2. The van der Waals surface area contributed by atoms with Gasteiger partial charge in [0.05, 0.1) is 6.54 Å². The van der Waals surface area contributed by atoms with Crippen LogP contribution in [0.3, 0.4) is 0 Å². The summed E-state index contributed by atoms with van der Waals surface area (Å²) in [6, 6.07) is 10.4. The van der Waals surface area contributed by atoms with Crippen LogP contribution in [-0.2, 0) is 4.79 Å². The van der Waals surface area contributed by atoms with Gasteiger partial charge in [0.1, 0.15) is 0 Å². The van der Waals surface area contributed by atoms with E-state index in [9.17, 15) is 4.79 Å². The van der Waals surface area contributed by atoms with Crippen molar-refractivity contribution in [1.29, 1.82) is 0 Å². The Hall–Kier alpha value is -1.39. The summed E-state index contributed by atoms with van der Waals surface area (Å²) >= 11 is 0. The molecule has 1 rings (SSSR count). The van der Waals surface area contributed by atoms with Crippen LogP contribution in [0.4, 0.5) is 0 Å². The van der Waals surface area contributed by atoms with E-state index in [1.165, 1.54) is 5.56 Å². The maximum absolute atomic E-state index is 11.1. The molecule has 0 bridgehead atoms. The van der Waals surface area contributed by atoms with Crippen LogP contribution in [0.2, 0.25) is 0 Å². The van der Waals surface area contributed by atoms with Crippen LogP contribution < -0.4 is 0 Å². The zero-order valence-corrected chi connectivity index (χ0v) is 12.7. The second kappa shape index (κ2) is 8.72. The van der Waals surface area contributed by atoms with Gasteiger partial charge in [-0.05, 0) is 26.1 Å². The Bertz CT molecular complexity index is 393. The van der Waals surface area contributed by atoms with Crippen molar-refractivity contribution in [2.45, 2.75) is 25.8 Å². The van der Waals surface area contributed by atoms with Gasteiger partial charge in [-0.2, -0.15) is 0 Å². The average molecular weight is 278 g/mol. The van der Waals surface area contributed by atoms with E-state index in [-0.39, 0.29) is 12.6 Å². The van der Waals surface area contributed by atoms with Crippen LogP contribution in [0.15, 0.2) is 30.3 Å². The monoisotopic (exact) mass is 278 g/mol. The fourth-order valence-electron chi connectivity index (χ4n) is 2.36. The third kappa shape index (κ3) is 5.72. The molecule has 4 heteroatoms. The molecule has 112 valence electrons. The molecule has 0 heterocycles. The van der Waals surface area contributed by atoms with Gasteiger partial charge in [-0.15, -0.1) is 0 Å². The van der Waals surface area contributed by atoms with Gasteiger partial charge in [-0.25, -0.2) is 0 Å². The van der Waals surface area contributed by atoms with E-state index in [1.807, 2.05) is 32.3 Å². The lowest BCUT2D eigenvalue weighted by Crippen LogP contribution is -2.38. The molecule has 0 spiro atoms. The van der Waals surface area contributed by atoms with Crippen LogP contribution in [0, 0.1) is 0 Å². The number of hydrogen-bond acceptors (Lipinski definition) is 3. The number of carboxylic acid groups (broad SMARTS) is 1. The minimum atomic E-state index is -0.763. The molecule has 1 unspecified atom stereocenters. The van der Waals surface area contributed by atoms with Crippen molar-refractivity contribution in [2.75, 3.05) is 33.7 Å². The molecule has 1 aromatic carbocycles. The molecule has 1 aromatic rings. The third-order valence-electron chi connectivity index (χ3n) is 3.36. The van der Waals surface area contributed by atoms with Gasteiger partial charge in [0.2, 0.25) is 0 Å². The number of carbonyl (C=O) groups is 1. The molecule has 4 nitrogen and oxygen atoms in total. The highest BCUT2D eigenvalue weighted by molar-refractivity contribution is 5.69. The van der Waals surface area contributed by atoms with E-state index in [1.54, 1.807) is 0 Å². The minimum absolute atomic E-state index is 0.0907. The van der Waals surface area contributed by atoms with Gasteiger partial charge in [-0.3, -0.25) is 9.69 Å². The largest absolute Gasteiger partial charge is 0.480 e. The van der Waals surface area contributed by atoms with Crippen LogP contribution in [0.1, 0.15) is 31.4 Å². The van der Waals surface area contributed by atoms with Gasteiger partial charge in [0, 0.05) is 19.1 Å². The van der Waals surface area contributed by atoms with Gasteiger partial charge in [0.25, 0.3) is 0 Å². The zero-order chi connectivity index (χ0) is 15.0. The summed E-state index contributed by atoms with van der Waals surface area (Å²) in [7, 11) is 4.02. The van der Waals surface area contributed by atoms with E-state index in [0.717, 1.165) is 25.9 Å². The number of aliphatic carboxylic acids is 1. The van der Waals surface area contributed by atoms with E-state index in [0.29, 0.717) is 0 Å². The Labute approximate surface area is 122 Å². The predicted octanol–water partition coefficient (Wildman–Crippen LogP) is 2.48. The summed E-state index contributed by atoms with van der Waals surface area (Å²) in [6.45, 7) is 3.85. The first-order valence-electron chi connectivity index (χ1n) is 7.20. The predicted molar refractivity (Wildman–Crippen MR) is 81.9 cm³/mol. The molecule has 0 aliphatic rings. The molecule has 0 amide bonds. The zero-order valence-electron chi connectivity index (χ0n) is 12.7. The Morgan fingerprint density at radius 2 is 1.85 bits per heavy atom. The first kappa shape index (κ1) is 16.7.